The minimum atomic E-state index is -0.272. The number of thioether (sulfide) groups is 1. The molecule has 0 spiro atoms. The molecular formula is C23H22N2O2S2. The maximum absolute atomic E-state index is 12.7. The van der Waals surface area contributed by atoms with Gasteiger partial charge in [0.2, 0.25) is 5.91 Å². The second-order valence-corrected chi connectivity index (χ2v) is 8.61. The quantitative estimate of drug-likeness (QED) is 0.539. The van der Waals surface area contributed by atoms with Gasteiger partial charge in [0, 0.05) is 5.69 Å². The van der Waals surface area contributed by atoms with Crippen LogP contribution in [0.25, 0.3) is 6.08 Å². The van der Waals surface area contributed by atoms with E-state index in [4.69, 9.17) is 12.2 Å². The van der Waals surface area contributed by atoms with E-state index >= 15 is 0 Å². The van der Waals surface area contributed by atoms with Gasteiger partial charge in [-0.1, -0.05) is 78.1 Å². The SMILES string of the molecule is CC(=Cc1ccccc1)C=C1SC(=S)N(CC(=O)Nc2ccc(C)cc2C)C1=O. The van der Waals surface area contributed by atoms with Crippen LogP contribution in [0, 0.1) is 13.8 Å². The molecule has 2 aromatic rings. The predicted octanol–water partition coefficient (Wildman–Crippen LogP) is 5.09. The third kappa shape index (κ3) is 5.43. The number of amides is 2. The number of carbonyl (C=O) groups excluding carboxylic acids is 2. The number of thiocarbonyl (C=S) groups is 1. The van der Waals surface area contributed by atoms with Crippen LogP contribution in [-0.4, -0.2) is 27.6 Å². The average Bonchev–Trinajstić information content (AvgIpc) is 2.92. The summed E-state index contributed by atoms with van der Waals surface area (Å²) in [6.45, 7) is 5.77. The molecule has 0 bridgehead atoms. The molecule has 0 aromatic heterocycles. The summed E-state index contributed by atoms with van der Waals surface area (Å²) in [4.78, 5) is 27.1. The van der Waals surface area contributed by atoms with Crippen molar-refractivity contribution in [2.24, 2.45) is 0 Å². The Hall–Kier alpha value is -2.70. The van der Waals surface area contributed by atoms with E-state index < -0.39 is 0 Å². The molecule has 1 aliphatic heterocycles. The van der Waals surface area contributed by atoms with Gasteiger partial charge < -0.3 is 5.32 Å². The molecule has 29 heavy (non-hydrogen) atoms. The second-order valence-electron chi connectivity index (χ2n) is 6.93. The fourth-order valence-electron chi connectivity index (χ4n) is 2.98. The Labute approximate surface area is 180 Å². The van der Waals surface area contributed by atoms with Crippen LogP contribution in [0.3, 0.4) is 0 Å². The lowest BCUT2D eigenvalue weighted by Gasteiger charge is -2.15. The van der Waals surface area contributed by atoms with E-state index in [1.807, 2.05) is 81.5 Å². The lowest BCUT2D eigenvalue weighted by molar-refractivity contribution is -0.126. The summed E-state index contributed by atoms with van der Waals surface area (Å²) in [7, 11) is 0. The number of hydrogen-bond acceptors (Lipinski definition) is 4. The Balaban J connectivity index is 1.68. The number of aryl methyl sites for hydroxylation is 2. The topological polar surface area (TPSA) is 49.4 Å². The molecule has 1 fully saturated rings. The summed E-state index contributed by atoms with van der Waals surface area (Å²) < 4.78 is 0.393. The van der Waals surface area contributed by atoms with Crippen LogP contribution >= 0.6 is 24.0 Å². The van der Waals surface area contributed by atoms with E-state index in [0.717, 1.165) is 28.0 Å². The van der Waals surface area contributed by atoms with Crippen molar-refractivity contribution in [3.63, 3.8) is 0 Å². The van der Waals surface area contributed by atoms with Crippen molar-refractivity contribution < 1.29 is 9.59 Å². The maximum atomic E-state index is 12.7. The summed E-state index contributed by atoms with van der Waals surface area (Å²) in [6.07, 6.45) is 3.81. The normalized spacial score (nSPS) is 15.9. The lowest BCUT2D eigenvalue weighted by atomic mass is 10.1. The number of hydrogen-bond donors (Lipinski definition) is 1. The summed E-state index contributed by atoms with van der Waals surface area (Å²) in [5.41, 5.74) is 4.84. The largest absolute Gasteiger partial charge is 0.324 e. The first-order valence-electron chi connectivity index (χ1n) is 9.19. The Morgan fingerprint density at radius 2 is 1.90 bits per heavy atom. The van der Waals surface area contributed by atoms with Crippen LogP contribution in [0.4, 0.5) is 5.69 Å². The molecule has 1 saturated heterocycles. The highest BCUT2D eigenvalue weighted by atomic mass is 32.2. The molecule has 3 rings (SSSR count). The van der Waals surface area contributed by atoms with Crippen molar-refractivity contribution in [1.29, 1.82) is 0 Å². The number of rotatable bonds is 5. The Morgan fingerprint density at radius 3 is 2.59 bits per heavy atom. The Bertz CT molecular complexity index is 1030. The van der Waals surface area contributed by atoms with E-state index in [0.29, 0.717) is 9.23 Å². The van der Waals surface area contributed by atoms with Gasteiger partial charge in [0.1, 0.15) is 10.9 Å². The Morgan fingerprint density at radius 1 is 1.17 bits per heavy atom. The molecule has 1 aliphatic rings. The van der Waals surface area contributed by atoms with Crippen molar-refractivity contribution in [3.05, 3.63) is 81.8 Å². The molecule has 2 amide bonds. The monoisotopic (exact) mass is 422 g/mol. The van der Waals surface area contributed by atoms with Gasteiger partial charge in [-0.15, -0.1) is 0 Å². The van der Waals surface area contributed by atoms with E-state index in [9.17, 15) is 9.59 Å². The highest BCUT2D eigenvalue weighted by molar-refractivity contribution is 8.26. The van der Waals surface area contributed by atoms with E-state index in [-0.39, 0.29) is 18.4 Å². The zero-order valence-electron chi connectivity index (χ0n) is 16.6. The molecule has 0 atom stereocenters. The van der Waals surface area contributed by atoms with Gasteiger partial charge >= 0.3 is 0 Å². The number of carbonyl (C=O) groups is 2. The smallest absolute Gasteiger partial charge is 0.266 e. The highest BCUT2D eigenvalue weighted by Crippen LogP contribution is 2.32. The molecule has 1 N–H and O–H groups in total. The van der Waals surface area contributed by atoms with Crippen LogP contribution in [0.2, 0.25) is 0 Å². The highest BCUT2D eigenvalue weighted by Gasteiger charge is 2.33. The van der Waals surface area contributed by atoms with Gasteiger partial charge in [-0.05, 0) is 49.6 Å². The molecule has 148 valence electrons. The first kappa shape index (κ1) is 21.0. The van der Waals surface area contributed by atoms with Crippen LogP contribution in [0.15, 0.2) is 65.1 Å². The third-order valence-corrected chi connectivity index (χ3v) is 5.76. The molecule has 0 aliphatic carbocycles. The summed E-state index contributed by atoms with van der Waals surface area (Å²) in [5.74, 6) is -0.511. The number of allylic oxidation sites excluding steroid dienone is 2. The molecule has 4 nitrogen and oxygen atoms in total. The number of anilines is 1. The number of nitrogens with zero attached hydrogens (tertiary/aromatic N) is 1. The summed E-state index contributed by atoms with van der Waals surface area (Å²) >= 11 is 6.55. The van der Waals surface area contributed by atoms with Crippen molar-refractivity contribution >= 4 is 51.9 Å². The van der Waals surface area contributed by atoms with Crippen molar-refractivity contribution in [1.82, 2.24) is 4.90 Å². The average molecular weight is 423 g/mol. The van der Waals surface area contributed by atoms with E-state index in [1.165, 1.54) is 16.7 Å². The first-order valence-corrected chi connectivity index (χ1v) is 10.4. The van der Waals surface area contributed by atoms with E-state index in [2.05, 4.69) is 5.32 Å². The van der Waals surface area contributed by atoms with Crippen molar-refractivity contribution in [3.8, 4) is 0 Å². The molecule has 1 heterocycles. The van der Waals surface area contributed by atoms with Crippen LogP contribution in [-0.2, 0) is 9.59 Å². The minimum absolute atomic E-state index is 0.100. The molecule has 6 heteroatoms. The molecule has 0 radical (unpaired) electrons. The van der Waals surface area contributed by atoms with Gasteiger partial charge in [-0.25, -0.2) is 0 Å². The standard InChI is InChI=1S/C23H22N2O2S2/c1-15-9-10-19(17(3)11-15)24-21(26)14-25-22(27)20(29-23(25)28)13-16(2)12-18-7-5-4-6-8-18/h4-13H,14H2,1-3H3,(H,24,26). The fourth-order valence-corrected chi connectivity index (χ4v) is 4.29. The van der Waals surface area contributed by atoms with Crippen LogP contribution in [0.5, 0.6) is 0 Å². The first-order chi connectivity index (χ1) is 13.8. The van der Waals surface area contributed by atoms with Crippen LogP contribution in [0.1, 0.15) is 23.6 Å². The van der Waals surface area contributed by atoms with Gasteiger partial charge in [0.05, 0.1) is 4.91 Å². The summed E-state index contributed by atoms with van der Waals surface area (Å²) in [5, 5.41) is 2.86. The lowest BCUT2D eigenvalue weighted by Crippen LogP contribution is -2.36. The zero-order chi connectivity index (χ0) is 21.0. The molecule has 0 saturated carbocycles. The minimum Gasteiger partial charge on any atom is -0.324 e. The number of benzene rings is 2. The van der Waals surface area contributed by atoms with Crippen molar-refractivity contribution in [2.45, 2.75) is 20.8 Å². The zero-order valence-corrected chi connectivity index (χ0v) is 18.2. The van der Waals surface area contributed by atoms with E-state index in [1.54, 1.807) is 0 Å². The van der Waals surface area contributed by atoms with Gasteiger partial charge in [0.15, 0.2) is 0 Å². The molecule has 0 unspecified atom stereocenters. The third-order valence-electron chi connectivity index (χ3n) is 4.38. The number of nitrogens with one attached hydrogen (secondary N) is 1. The predicted molar refractivity (Wildman–Crippen MR) is 125 cm³/mol. The fraction of sp³-hybridized carbons (Fsp3) is 0.174. The second kappa shape index (κ2) is 9.20. The van der Waals surface area contributed by atoms with Gasteiger partial charge in [0.25, 0.3) is 5.91 Å². The summed E-state index contributed by atoms with van der Waals surface area (Å²) in [6, 6.07) is 15.7. The van der Waals surface area contributed by atoms with Crippen molar-refractivity contribution in [2.75, 3.05) is 11.9 Å². The van der Waals surface area contributed by atoms with Gasteiger partial charge in [-0.3, -0.25) is 14.5 Å². The molecular weight excluding hydrogens is 400 g/mol. The Kier molecular flexibility index (Phi) is 6.67. The molecule has 2 aromatic carbocycles. The van der Waals surface area contributed by atoms with Gasteiger partial charge in [-0.2, -0.15) is 0 Å². The maximum Gasteiger partial charge on any atom is 0.266 e. The van der Waals surface area contributed by atoms with Crippen LogP contribution < -0.4 is 5.32 Å².